The third-order valence-corrected chi connectivity index (χ3v) is 4.36. The van der Waals surface area contributed by atoms with E-state index in [2.05, 4.69) is 5.32 Å². The summed E-state index contributed by atoms with van der Waals surface area (Å²) < 4.78 is 38.6. The van der Waals surface area contributed by atoms with Crippen molar-refractivity contribution in [3.63, 3.8) is 0 Å². The van der Waals surface area contributed by atoms with Gasteiger partial charge in [0.2, 0.25) is 5.91 Å². The second kappa shape index (κ2) is 7.84. The van der Waals surface area contributed by atoms with Crippen molar-refractivity contribution >= 4 is 17.6 Å². The number of hydrogen-bond acceptors (Lipinski definition) is 3. The number of hydrogen-bond donors (Lipinski definition) is 2. The van der Waals surface area contributed by atoms with Gasteiger partial charge in [0.25, 0.3) is 0 Å². The van der Waals surface area contributed by atoms with Gasteiger partial charge in [-0.15, -0.1) is 0 Å². The summed E-state index contributed by atoms with van der Waals surface area (Å²) in [5, 5.41) is 2.45. The molecule has 1 aliphatic heterocycles. The minimum Gasteiger partial charge on any atom is -0.368 e. The highest BCUT2D eigenvalue weighted by Crippen LogP contribution is 2.31. The zero-order chi connectivity index (χ0) is 19.5. The number of anilines is 1. The molecule has 1 heterocycles. The van der Waals surface area contributed by atoms with Gasteiger partial charge in [0.05, 0.1) is 5.56 Å². The number of carbonyl (C=O) groups excluding carboxylic acids is 2. The van der Waals surface area contributed by atoms with Crippen molar-refractivity contribution in [1.82, 2.24) is 10.2 Å². The molecule has 0 aliphatic carbocycles. The Morgan fingerprint density at radius 1 is 1.15 bits per heavy atom. The average molecular weight is 372 g/mol. The second-order valence-corrected chi connectivity index (χ2v) is 6.59. The van der Waals surface area contributed by atoms with Crippen LogP contribution in [0.3, 0.4) is 0 Å². The van der Waals surface area contributed by atoms with Crippen LogP contribution >= 0.6 is 0 Å². The van der Waals surface area contributed by atoms with E-state index in [0.29, 0.717) is 31.9 Å². The number of carbonyl (C=O) groups is 2. The quantitative estimate of drug-likeness (QED) is 0.849. The van der Waals surface area contributed by atoms with Gasteiger partial charge in [0, 0.05) is 31.9 Å². The third-order valence-electron chi connectivity index (χ3n) is 4.36. The minimum absolute atomic E-state index is 0.128. The van der Waals surface area contributed by atoms with E-state index in [0.717, 1.165) is 12.1 Å². The molecule has 1 aromatic rings. The summed E-state index contributed by atoms with van der Waals surface area (Å²) in [7, 11) is 0. The number of urea groups is 1. The molecule has 1 aromatic carbocycles. The number of primary amides is 1. The summed E-state index contributed by atoms with van der Waals surface area (Å²) in [4.78, 5) is 27.1. The van der Waals surface area contributed by atoms with E-state index in [9.17, 15) is 22.8 Å². The highest BCUT2D eigenvalue weighted by Gasteiger charge is 2.32. The van der Waals surface area contributed by atoms with Crippen molar-refractivity contribution in [3.05, 3.63) is 29.8 Å². The summed E-state index contributed by atoms with van der Waals surface area (Å²) in [5.41, 5.74) is 4.90. The molecule has 1 saturated heterocycles. The van der Waals surface area contributed by atoms with Crippen LogP contribution in [-0.4, -0.2) is 49.1 Å². The molecule has 144 valence electrons. The summed E-state index contributed by atoms with van der Waals surface area (Å²) >= 11 is 0. The Morgan fingerprint density at radius 2 is 1.77 bits per heavy atom. The van der Waals surface area contributed by atoms with Crippen LogP contribution in [-0.2, 0) is 11.0 Å². The molecular formula is C17H23F3N4O2. The number of nitrogens with one attached hydrogen (secondary N) is 1. The van der Waals surface area contributed by atoms with Gasteiger partial charge in [-0.3, -0.25) is 4.79 Å². The zero-order valence-corrected chi connectivity index (χ0v) is 14.7. The van der Waals surface area contributed by atoms with E-state index in [-0.39, 0.29) is 11.8 Å². The van der Waals surface area contributed by atoms with Crippen LogP contribution in [0.25, 0.3) is 0 Å². The van der Waals surface area contributed by atoms with Gasteiger partial charge in [-0.1, -0.05) is 19.9 Å². The Labute approximate surface area is 150 Å². The Bertz CT molecular complexity index is 656. The molecule has 2 rings (SSSR count). The maximum absolute atomic E-state index is 12.9. The van der Waals surface area contributed by atoms with E-state index < -0.39 is 23.8 Å². The molecule has 9 heteroatoms. The molecule has 1 fully saturated rings. The van der Waals surface area contributed by atoms with Crippen LogP contribution < -0.4 is 16.0 Å². The van der Waals surface area contributed by atoms with Crippen molar-refractivity contribution in [3.8, 4) is 0 Å². The standard InChI is InChI=1S/C17H23F3N4O2/c1-11(2)14(22-16(21)26)15(25)24-8-6-23(7-9-24)13-5-3-4-12(10-13)17(18,19)20/h3-5,10-11,14H,6-9H2,1-2H3,(H3,21,22,26). The van der Waals surface area contributed by atoms with Crippen molar-refractivity contribution in [2.45, 2.75) is 26.1 Å². The normalized spacial score (nSPS) is 16.5. The number of piperazine rings is 1. The molecule has 1 atom stereocenters. The number of halogens is 3. The molecule has 3 amide bonds. The van der Waals surface area contributed by atoms with Gasteiger partial charge < -0.3 is 20.9 Å². The van der Waals surface area contributed by atoms with E-state index >= 15 is 0 Å². The summed E-state index contributed by atoms with van der Waals surface area (Å²) in [6, 6.07) is 3.67. The lowest BCUT2D eigenvalue weighted by molar-refractivity contribution is -0.137. The van der Waals surface area contributed by atoms with Crippen LogP contribution in [0.5, 0.6) is 0 Å². The third kappa shape index (κ3) is 4.80. The van der Waals surface area contributed by atoms with E-state index in [4.69, 9.17) is 5.73 Å². The fraction of sp³-hybridized carbons (Fsp3) is 0.529. The fourth-order valence-corrected chi connectivity index (χ4v) is 2.93. The fourth-order valence-electron chi connectivity index (χ4n) is 2.93. The van der Waals surface area contributed by atoms with Crippen molar-refractivity contribution in [2.24, 2.45) is 11.7 Å². The first-order valence-corrected chi connectivity index (χ1v) is 8.36. The van der Waals surface area contributed by atoms with Gasteiger partial charge in [0.1, 0.15) is 6.04 Å². The average Bonchev–Trinajstić information content (AvgIpc) is 2.58. The molecule has 26 heavy (non-hydrogen) atoms. The van der Waals surface area contributed by atoms with Crippen molar-refractivity contribution < 1.29 is 22.8 Å². The van der Waals surface area contributed by atoms with Gasteiger partial charge >= 0.3 is 12.2 Å². The van der Waals surface area contributed by atoms with Crippen LogP contribution in [0.4, 0.5) is 23.7 Å². The molecule has 0 spiro atoms. The predicted molar refractivity (Wildman–Crippen MR) is 91.6 cm³/mol. The maximum atomic E-state index is 12.9. The summed E-state index contributed by atoms with van der Waals surface area (Å²) in [5.74, 6) is -0.362. The van der Waals surface area contributed by atoms with E-state index in [1.54, 1.807) is 24.8 Å². The first-order chi connectivity index (χ1) is 12.1. The molecule has 0 saturated carbocycles. The lowest BCUT2D eigenvalue weighted by Crippen LogP contribution is -2.57. The maximum Gasteiger partial charge on any atom is 0.416 e. The highest BCUT2D eigenvalue weighted by atomic mass is 19.4. The highest BCUT2D eigenvalue weighted by molar-refractivity contribution is 5.87. The number of nitrogens with two attached hydrogens (primary N) is 1. The molecular weight excluding hydrogens is 349 g/mol. The molecule has 6 nitrogen and oxygen atoms in total. The van der Waals surface area contributed by atoms with Crippen LogP contribution in [0.2, 0.25) is 0 Å². The summed E-state index contributed by atoms with van der Waals surface area (Å²) in [6.07, 6.45) is -4.39. The smallest absolute Gasteiger partial charge is 0.368 e. The Morgan fingerprint density at radius 3 is 2.27 bits per heavy atom. The van der Waals surface area contributed by atoms with Crippen molar-refractivity contribution in [2.75, 3.05) is 31.1 Å². The largest absolute Gasteiger partial charge is 0.416 e. The molecule has 1 aliphatic rings. The van der Waals surface area contributed by atoms with E-state index in [1.165, 1.54) is 6.07 Å². The van der Waals surface area contributed by atoms with Gasteiger partial charge in [-0.2, -0.15) is 13.2 Å². The molecule has 0 radical (unpaired) electrons. The molecule has 1 unspecified atom stereocenters. The zero-order valence-electron chi connectivity index (χ0n) is 14.7. The van der Waals surface area contributed by atoms with Gasteiger partial charge in [0.15, 0.2) is 0 Å². The molecule has 0 aromatic heterocycles. The summed E-state index contributed by atoms with van der Waals surface area (Å²) in [6.45, 7) is 5.15. The second-order valence-electron chi connectivity index (χ2n) is 6.59. The Hall–Kier alpha value is -2.45. The lowest BCUT2D eigenvalue weighted by Gasteiger charge is -2.38. The number of rotatable bonds is 4. The Balaban J connectivity index is 2.02. The van der Waals surface area contributed by atoms with Crippen LogP contribution in [0.1, 0.15) is 19.4 Å². The first-order valence-electron chi connectivity index (χ1n) is 8.36. The van der Waals surface area contributed by atoms with Gasteiger partial charge in [-0.25, -0.2) is 4.79 Å². The topological polar surface area (TPSA) is 78.7 Å². The Kier molecular flexibility index (Phi) is 5.99. The molecule has 0 bridgehead atoms. The number of amides is 3. The SMILES string of the molecule is CC(C)C(NC(N)=O)C(=O)N1CCN(c2cccc(C(F)(F)F)c2)CC1. The first kappa shape index (κ1) is 19.9. The number of alkyl halides is 3. The predicted octanol–water partition coefficient (Wildman–Crippen LogP) is 2.05. The van der Waals surface area contributed by atoms with Crippen LogP contribution in [0, 0.1) is 5.92 Å². The van der Waals surface area contributed by atoms with Gasteiger partial charge in [-0.05, 0) is 24.1 Å². The van der Waals surface area contributed by atoms with E-state index in [1.807, 2.05) is 4.90 Å². The van der Waals surface area contributed by atoms with Crippen molar-refractivity contribution in [1.29, 1.82) is 0 Å². The van der Waals surface area contributed by atoms with Crippen LogP contribution in [0.15, 0.2) is 24.3 Å². The number of benzene rings is 1. The number of nitrogens with zero attached hydrogens (tertiary/aromatic N) is 2. The lowest BCUT2D eigenvalue weighted by atomic mass is 10.0. The monoisotopic (exact) mass is 372 g/mol. The minimum atomic E-state index is -4.39. The molecule has 3 N–H and O–H groups in total.